The van der Waals surface area contributed by atoms with Crippen LogP contribution in [0.3, 0.4) is 0 Å². The van der Waals surface area contributed by atoms with Crippen molar-refractivity contribution in [2.75, 3.05) is 18.6 Å². The minimum Gasteiger partial charge on any atom is -0.497 e. The van der Waals surface area contributed by atoms with E-state index in [4.69, 9.17) is 4.74 Å². The average molecular weight is 387 g/mol. The SMILES string of the molecule is COc1ccc(S(=O)(=O)N[C@H](C(=O)NC2CCSCC2)C(C)C)cc1. The summed E-state index contributed by atoms with van der Waals surface area (Å²) in [6.07, 6.45) is 1.85. The molecule has 0 unspecified atom stereocenters. The highest BCUT2D eigenvalue weighted by Crippen LogP contribution is 2.19. The van der Waals surface area contributed by atoms with Crippen molar-refractivity contribution in [3.8, 4) is 5.75 Å². The Labute approximate surface area is 154 Å². The molecule has 0 saturated carbocycles. The fourth-order valence-corrected chi connectivity index (χ4v) is 5.07. The Morgan fingerprint density at radius 1 is 1.20 bits per heavy atom. The van der Waals surface area contributed by atoms with Crippen molar-refractivity contribution < 1.29 is 17.9 Å². The fourth-order valence-electron chi connectivity index (χ4n) is 2.62. The summed E-state index contributed by atoms with van der Waals surface area (Å²) in [7, 11) is -2.27. The summed E-state index contributed by atoms with van der Waals surface area (Å²) in [4.78, 5) is 12.7. The standard InChI is InChI=1S/C17H26N2O4S2/c1-12(2)16(17(20)18-13-8-10-24-11-9-13)19-25(21,22)15-6-4-14(23-3)5-7-15/h4-7,12-13,16,19H,8-11H2,1-3H3,(H,18,20)/t16-/m0/s1. The van der Waals surface area contributed by atoms with Gasteiger partial charge in [0.15, 0.2) is 0 Å². The highest BCUT2D eigenvalue weighted by Gasteiger charge is 2.30. The first kappa shape index (κ1) is 20.1. The zero-order valence-corrected chi connectivity index (χ0v) is 16.5. The van der Waals surface area contributed by atoms with Gasteiger partial charge < -0.3 is 10.1 Å². The molecular weight excluding hydrogens is 360 g/mol. The molecule has 1 amide bonds. The van der Waals surface area contributed by atoms with Gasteiger partial charge in [-0.05, 0) is 54.5 Å². The van der Waals surface area contributed by atoms with E-state index in [1.165, 1.54) is 19.2 Å². The third-order valence-electron chi connectivity index (χ3n) is 4.17. The number of carbonyl (C=O) groups is 1. The molecule has 6 nitrogen and oxygen atoms in total. The van der Waals surface area contributed by atoms with Crippen LogP contribution in [0.2, 0.25) is 0 Å². The van der Waals surface area contributed by atoms with Crippen LogP contribution in [0.1, 0.15) is 26.7 Å². The minimum atomic E-state index is -3.79. The molecule has 1 heterocycles. The second kappa shape index (κ2) is 8.91. The lowest BCUT2D eigenvalue weighted by molar-refractivity contribution is -0.124. The summed E-state index contributed by atoms with van der Waals surface area (Å²) >= 11 is 1.88. The maximum atomic E-state index is 12.6. The monoisotopic (exact) mass is 386 g/mol. The number of sulfonamides is 1. The molecule has 25 heavy (non-hydrogen) atoms. The van der Waals surface area contributed by atoms with E-state index >= 15 is 0 Å². The van der Waals surface area contributed by atoms with Crippen LogP contribution in [0.4, 0.5) is 0 Å². The Morgan fingerprint density at radius 2 is 1.80 bits per heavy atom. The van der Waals surface area contributed by atoms with Crippen molar-refractivity contribution in [1.82, 2.24) is 10.0 Å². The first-order valence-corrected chi connectivity index (χ1v) is 11.0. The van der Waals surface area contributed by atoms with E-state index in [-0.39, 0.29) is 22.8 Å². The van der Waals surface area contributed by atoms with Gasteiger partial charge in [-0.15, -0.1) is 0 Å². The van der Waals surface area contributed by atoms with Gasteiger partial charge >= 0.3 is 0 Å². The number of ether oxygens (including phenoxy) is 1. The lowest BCUT2D eigenvalue weighted by Crippen LogP contribution is -2.52. The third-order valence-corrected chi connectivity index (χ3v) is 6.67. The molecule has 0 aromatic heterocycles. The van der Waals surface area contributed by atoms with E-state index in [0.29, 0.717) is 5.75 Å². The number of amides is 1. The largest absolute Gasteiger partial charge is 0.497 e. The molecule has 0 radical (unpaired) electrons. The smallest absolute Gasteiger partial charge is 0.241 e. The van der Waals surface area contributed by atoms with Gasteiger partial charge in [-0.1, -0.05) is 13.8 Å². The molecule has 1 fully saturated rings. The van der Waals surface area contributed by atoms with Gasteiger partial charge in [0.25, 0.3) is 0 Å². The lowest BCUT2D eigenvalue weighted by atomic mass is 10.0. The molecule has 1 atom stereocenters. The van der Waals surface area contributed by atoms with Crippen molar-refractivity contribution in [3.05, 3.63) is 24.3 Å². The maximum Gasteiger partial charge on any atom is 0.241 e. The molecule has 1 aromatic rings. The third kappa shape index (κ3) is 5.62. The van der Waals surface area contributed by atoms with Crippen LogP contribution in [-0.2, 0) is 14.8 Å². The Balaban J connectivity index is 2.09. The van der Waals surface area contributed by atoms with E-state index < -0.39 is 16.1 Å². The van der Waals surface area contributed by atoms with E-state index in [1.54, 1.807) is 12.1 Å². The zero-order valence-electron chi connectivity index (χ0n) is 14.8. The topological polar surface area (TPSA) is 84.5 Å². The van der Waals surface area contributed by atoms with Crippen molar-refractivity contribution in [2.45, 2.75) is 43.7 Å². The minimum absolute atomic E-state index is 0.112. The van der Waals surface area contributed by atoms with Crippen LogP contribution >= 0.6 is 11.8 Å². The van der Waals surface area contributed by atoms with Gasteiger partial charge in [0.1, 0.15) is 11.8 Å². The molecule has 0 bridgehead atoms. The van der Waals surface area contributed by atoms with Crippen LogP contribution < -0.4 is 14.8 Å². The molecule has 2 N–H and O–H groups in total. The van der Waals surface area contributed by atoms with Gasteiger partial charge in [-0.25, -0.2) is 8.42 Å². The van der Waals surface area contributed by atoms with Crippen LogP contribution in [-0.4, -0.2) is 45.0 Å². The average Bonchev–Trinajstić information content (AvgIpc) is 2.60. The summed E-state index contributed by atoms with van der Waals surface area (Å²) in [6.45, 7) is 3.66. The van der Waals surface area contributed by atoms with Gasteiger partial charge in [-0.2, -0.15) is 16.5 Å². The molecule has 0 spiro atoms. The van der Waals surface area contributed by atoms with E-state index in [1.807, 2.05) is 25.6 Å². The Bertz CT molecular complexity index is 668. The van der Waals surface area contributed by atoms with Crippen molar-refractivity contribution in [2.24, 2.45) is 5.92 Å². The molecule has 1 aromatic carbocycles. The summed E-state index contributed by atoms with van der Waals surface area (Å²) < 4.78 is 32.8. The van der Waals surface area contributed by atoms with Crippen LogP contribution in [0.25, 0.3) is 0 Å². The molecule has 1 saturated heterocycles. The van der Waals surface area contributed by atoms with Gasteiger partial charge in [0.05, 0.1) is 12.0 Å². The fraction of sp³-hybridized carbons (Fsp3) is 0.588. The molecule has 2 rings (SSSR count). The predicted octanol–water partition coefficient (Wildman–Crippen LogP) is 2.01. The Morgan fingerprint density at radius 3 is 2.32 bits per heavy atom. The second-order valence-electron chi connectivity index (χ2n) is 6.41. The highest BCUT2D eigenvalue weighted by molar-refractivity contribution is 7.99. The van der Waals surface area contributed by atoms with Gasteiger partial charge in [0, 0.05) is 6.04 Å². The maximum absolute atomic E-state index is 12.6. The predicted molar refractivity (Wildman–Crippen MR) is 100 cm³/mol. The number of thioether (sulfide) groups is 1. The van der Waals surface area contributed by atoms with E-state index in [2.05, 4.69) is 10.0 Å². The number of nitrogens with one attached hydrogen (secondary N) is 2. The summed E-state index contributed by atoms with van der Waals surface area (Å²) in [5.74, 6) is 2.20. The molecule has 1 aliphatic heterocycles. The molecular formula is C17H26N2O4S2. The lowest BCUT2D eigenvalue weighted by Gasteiger charge is -2.27. The number of hydrogen-bond acceptors (Lipinski definition) is 5. The quantitative estimate of drug-likeness (QED) is 0.749. The first-order valence-electron chi connectivity index (χ1n) is 8.38. The second-order valence-corrected chi connectivity index (χ2v) is 9.35. The summed E-state index contributed by atoms with van der Waals surface area (Å²) in [6, 6.07) is 5.42. The number of benzene rings is 1. The van der Waals surface area contributed by atoms with Gasteiger partial charge in [-0.3, -0.25) is 4.79 Å². The van der Waals surface area contributed by atoms with Crippen molar-refractivity contribution in [1.29, 1.82) is 0 Å². The van der Waals surface area contributed by atoms with Crippen LogP contribution in [0.5, 0.6) is 5.75 Å². The first-order chi connectivity index (χ1) is 11.8. The summed E-state index contributed by atoms with van der Waals surface area (Å²) in [5.41, 5.74) is 0. The molecule has 1 aliphatic rings. The Hall–Kier alpha value is -1.25. The number of carbonyl (C=O) groups excluding carboxylic acids is 1. The number of rotatable bonds is 7. The van der Waals surface area contributed by atoms with Gasteiger partial charge in [0.2, 0.25) is 15.9 Å². The number of methoxy groups -OCH3 is 1. The van der Waals surface area contributed by atoms with Crippen LogP contribution in [0.15, 0.2) is 29.2 Å². The van der Waals surface area contributed by atoms with E-state index in [9.17, 15) is 13.2 Å². The number of hydrogen-bond donors (Lipinski definition) is 2. The van der Waals surface area contributed by atoms with Crippen LogP contribution in [0, 0.1) is 5.92 Å². The molecule has 0 aliphatic carbocycles. The normalized spacial score (nSPS) is 17.3. The van der Waals surface area contributed by atoms with Crippen molar-refractivity contribution in [3.63, 3.8) is 0 Å². The highest BCUT2D eigenvalue weighted by atomic mass is 32.2. The zero-order chi connectivity index (χ0) is 18.4. The summed E-state index contributed by atoms with van der Waals surface area (Å²) in [5, 5.41) is 2.99. The Kier molecular flexibility index (Phi) is 7.15. The molecule has 8 heteroatoms. The molecule has 140 valence electrons. The van der Waals surface area contributed by atoms with Crippen molar-refractivity contribution >= 4 is 27.7 Å². The van der Waals surface area contributed by atoms with E-state index in [0.717, 1.165) is 24.3 Å².